The molecular formula is C15H18Cl3NO. The summed E-state index contributed by atoms with van der Waals surface area (Å²) in [6.45, 7) is 0. The molecule has 0 amide bonds. The first kappa shape index (κ1) is 14.8. The smallest absolute Gasteiger partial charge is 0.157 e. The fourth-order valence-corrected chi connectivity index (χ4v) is 4.54. The number of hydrogen-bond donors (Lipinski definition) is 1. The summed E-state index contributed by atoms with van der Waals surface area (Å²) in [4.78, 5) is 0. The highest BCUT2D eigenvalue weighted by Crippen LogP contribution is 2.53. The van der Waals surface area contributed by atoms with Crippen LogP contribution in [0.5, 0.6) is 5.75 Å². The average Bonchev–Trinajstić information content (AvgIpc) is 2.42. The Morgan fingerprint density at radius 2 is 1.65 bits per heavy atom. The maximum atomic E-state index is 6.27. The fourth-order valence-electron chi connectivity index (χ4n) is 3.63. The molecule has 5 heteroatoms. The zero-order chi connectivity index (χ0) is 14.3. The number of benzene rings is 1. The molecule has 20 heavy (non-hydrogen) atoms. The quantitative estimate of drug-likeness (QED) is 0.819. The van der Waals surface area contributed by atoms with Crippen LogP contribution in [0.1, 0.15) is 38.5 Å². The number of rotatable bonds is 2. The van der Waals surface area contributed by atoms with Crippen molar-refractivity contribution in [3.05, 3.63) is 27.2 Å². The second kappa shape index (κ2) is 5.57. The highest BCUT2D eigenvalue weighted by molar-refractivity contribution is 6.40. The summed E-state index contributed by atoms with van der Waals surface area (Å²) in [7, 11) is 0. The molecule has 1 spiro atoms. The van der Waals surface area contributed by atoms with Gasteiger partial charge in [-0.15, -0.1) is 0 Å². The first-order valence-electron chi connectivity index (χ1n) is 7.10. The molecule has 110 valence electrons. The zero-order valence-electron chi connectivity index (χ0n) is 11.2. The Labute approximate surface area is 134 Å². The van der Waals surface area contributed by atoms with Crippen molar-refractivity contribution in [2.24, 2.45) is 11.1 Å². The van der Waals surface area contributed by atoms with Crippen molar-refractivity contribution >= 4 is 34.8 Å². The Kier molecular flexibility index (Phi) is 4.11. The van der Waals surface area contributed by atoms with Gasteiger partial charge < -0.3 is 10.5 Å². The Morgan fingerprint density at radius 3 is 2.20 bits per heavy atom. The molecule has 0 heterocycles. The summed E-state index contributed by atoms with van der Waals surface area (Å²) in [5.41, 5.74) is 6.38. The van der Waals surface area contributed by atoms with Crippen molar-refractivity contribution in [2.75, 3.05) is 0 Å². The van der Waals surface area contributed by atoms with E-state index in [1.807, 2.05) is 0 Å². The van der Waals surface area contributed by atoms with Gasteiger partial charge in [0.25, 0.3) is 0 Å². The van der Waals surface area contributed by atoms with Crippen LogP contribution in [0.3, 0.4) is 0 Å². The van der Waals surface area contributed by atoms with E-state index in [0.717, 1.165) is 19.3 Å². The van der Waals surface area contributed by atoms with Crippen LogP contribution < -0.4 is 10.5 Å². The predicted molar refractivity (Wildman–Crippen MR) is 84.0 cm³/mol. The minimum atomic E-state index is 0.116. The van der Waals surface area contributed by atoms with E-state index in [4.69, 9.17) is 45.3 Å². The van der Waals surface area contributed by atoms with Crippen LogP contribution in [0.2, 0.25) is 15.1 Å². The Hall–Kier alpha value is -0.150. The van der Waals surface area contributed by atoms with Crippen LogP contribution in [0.4, 0.5) is 0 Å². The van der Waals surface area contributed by atoms with Gasteiger partial charge in [-0.2, -0.15) is 0 Å². The minimum absolute atomic E-state index is 0.116. The highest BCUT2D eigenvalue weighted by Gasteiger charge is 2.55. The van der Waals surface area contributed by atoms with E-state index >= 15 is 0 Å². The lowest BCUT2D eigenvalue weighted by molar-refractivity contribution is -0.0897. The highest BCUT2D eigenvalue weighted by atomic mass is 35.5. The van der Waals surface area contributed by atoms with Crippen molar-refractivity contribution < 1.29 is 4.74 Å². The number of halogens is 3. The zero-order valence-corrected chi connectivity index (χ0v) is 13.4. The summed E-state index contributed by atoms with van der Waals surface area (Å²) in [6.07, 6.45) is 7.03. The van der Waals surface area contributed by atoms with Crippen LogP contribution in [-0.4, -0.2) is 12.1 Å². The first-order chi connectivity index (χ1) is 9.53. The van der Waals surface area contributed by atoms with E-state index in [0.29, 0.717) is 20.8 Å². The molecule has 2 unspecified atom stereocenters. The van der Waals surface area contributed by atoms with E-state index in [-0.39, 0.29) is 17.6 Å². The van der Waals surface area contributed by atoms with Gasteiger partial charge in [-0.3, -0.25) is 0 Å². The normalized spacial score (nSPS) is 28.2. The Balaban J connectivity index is 1.82. The SMILES string of the molecule is NC1CC(Oc2c(Cl)cc(Cl)cc2Cl)C12CCCCC2. The molecule has 2 fully saturated rings. The van der Waals surface area contributed by atoms with Crippen LogP contribution in [0.25, 0.3) is 0 Å². The van der Waals surface area contributed by atoms with Crippen molar-refractivity contribution in [1.29, 1.82) is 0 Å². The molecule has 2 atom stereocenters. The summed E-state index contributed by atoms with van der Waals surface area (Å²) in [6, 6.07) is 3.56. The molecule has 2 N–H and O–H groups in total. The van der Waals surface area contributed by atoms with Gasteiger partial charge in [0, 0.05) is 22.9 Å². The van der Waals surface area contributed by atoms with E-state index in [9.17, 15) is 0 Å². The molecule has 1 aromatic rings. The maximum Gasteiger partial charge on any atom is 0.157 e. The summed E-state index contributed by atoms with van der Waals surface area (Å²) in [5, 5.41) is 1.45. The van der Waals surface area contributed by atoms with Crippen molar-refractivity contribution in [3.63, 3.8) is 0 Å². The van der Waals surface area contributed by atoms with Gasteiger partial charge in [0.1, 0.15) is 6.10 Å². The third-order valence-electron chi connectivity index (χ3n) is 4.86. The molecular weight excluding hydrogens is 317 g/mol. The second-order valence-corrected chi connectivity index (χ2v) is 7.19. The van der Waals surface area contributed by atoms with Gasteiger partial charge in [0.05, 0.1) is 10.0 Å². The summed E-state index contributed by atoms with van der Waals surface area (Å²) < 4.78 is 6.13. The van der Waals surface area contributed by atoms with Crippen molar-refractivity contribution in [3.8, 4) is 5.75 Å². The van der Waals surface area contributed by atoms with Gasteiger partial charge >= 0.3 is 0 Å². The number of hydrogen-bond acceptors (Lipinski definition) is 2. The minimum Gasteiger partial charge on any atom is -0.487 e. The number of nitrogens with two attached hydrogens (primary N) is 1. The molecule has 0 bridgehead atoms. The first-order valence-corrected chi connectivity index (χ1v) is 8.23. The van der Waals surface area contributed by atoms with E-state index in [1.165, 1.54) is 19.3 Å². The Bertz CT molecular complexity index is 491. The molecule has 2 saturated carbocycles. The molecule has 2 aliphatic rings. The molecule has 1 aromatic carbocycles. The largest absolute Gasteiger partial charge is 0.487 e. The number of ether oxygens (including phenoxy) is 1. The third kappa shape index (κ3) is 2.41. The summed E-state index contributed by atoms with van der Waals surface area (Å²) >= 11 is 18.3. The average molecular weight is 335 g/mol. The Morgan fingerprint density at radius 1 is 1.05 bits per heavy atom. The van der Waals surface area contributed by atoms with E-state index in [1.54, 1.807) is 12.1 Å². The molecule has 0 saturated heterocycles. The molecule has 2 aliphatic carbocycles. The van der Waals surface area contributed by atoms with Gasteiger partial charge in [0.15, 0.2) is 5.75 Å². The molecule has 0 radical (unpaired) electrons. The summed E-state index contributed by atoms with van der Waals surface area (Å²) in [5.74, 6) is 0.541. The van der Waals surface area contributed by atoms with E-state index < -0.39 is 0 Å². The molecule has 0 aliphatic heterocycles. The van der Waals surface area contributed by atoms with E-state index in [2.05, 4.69) is 0 Å². The van der Waals surface area contributed by atoms with Crippen molar-refractivity contribution in [1.82, 2.24) is 0 Å². The predicted octanol–water partition coefficient (Wildman–Crippen LogP) is 5.08. The lowest BCUT2D eigenvalue weighted by Crippen LogP contribution is -2.64. The van der Waals surface area contributed by atoms with Gasteiger partial charge in [0.2, 0.25) is 0 Å². The molecule has 3 rings (SSSR count). The maximum absolute atomic E-state index is 6.27. The molecule has 2 nitrogen and oxygen atoms in total. The lowest BCUT2D eigenvalue weighted by Gasteiger charge is -2.56. The van der Waals surface area contributed by atoms with Crippen LogP contribution >= 0.6 is 34.8 Å². The molecule has 0 aromatic heterocycles. The monoisotopic (exact) mass is 333 g/mol. The fraction of sp³-hybridized carbons (Fsp3) is 0.600. The van der Waals surface area contributed by atoms with Crippen LogP contribution in [-0.2, 0) is 0 Å². The standard InChI is InChI=1S/C15H18Cl3NO/c16-9-6-10(17)14(11(18)7-9)20-13-8-12(19)15(13)4-2-1-3-5-15/h6-7,12-13H,1-5,8,19H2. The van der Waals surface area contributed by atoms with Gasteiger partial charge in [-0.1, -0.05) is 54.1 Å². The lowest BCUT2D eigenvalue weighted by atomic mass is 9.55. The topological polar surface area (TPSA) is 35.2 Å². The van der Waals surface area contributed by atoms with Crippen LogP contribution in [0, 0.1) is 5.41 Å². The van der Waals surface area contributed by atoms with Gasteiger partial charge in [-0.05, 0) is 25.0 Å². The van der Waals surface area contributed by atoms with Gasteiger partial charge in [-0.25, -0.2) is 0 Å². The van der Waals surface area contributed by atoms with Crippen molar-refractivity contribution in [2.45, 2.75) is 50.7 Å². The third-order valence-corrected chi connectivity index (χ3v) is 5.64. The second-order valence-electron chi connectivity index (χ2n) is 5.94. The van der Waals surface area contributed by atoms with Crippen LogP contribution in [0.15, 0.2) is 12.1 Å².